The van der Waals surface area contributed by atoms with Gasteiger partial charge in [0.15, 0.2) is 0 Å². The zero-order valence-corrected chi connectivity index (χ0v) is 11.9. The molecule has 3 atom stereocenters. The Kier molecular flexibility index (Phi) is 5.31. The van der Waals surface area contributed by atoms with Crippen LogP contribution in [0, 0.1) is 11.8 Å². The lowest BCUT2D eigenvalue weighted by Gasteiger charge is -2.15. The summed E-state index contributed by atoms with van der Waals surface area (Å²) in [5.74, 6) is 0.0839. The lowest BCUT2D eigenvalue weighted by atomic mass is 9.90. The fourth-order valence-electron chi connectivity index (χ4n) is 2.79. The third kappa shape index (κ3) is 3.67. The first-order valence-corrected chi connectivity index (χ1v) is 7.25. The van der Waals surface area contributed by atoms with E-state index in [0.717, 1.165) is 12.8 Å². The van der Waals surface area contributed by atoms with Crippen LogP contribution in [0.2, 0.25) is 0 Å². The Morgan fingerprint density at radius 1 is 1.25 bits per heavy atom. The van der Waals surface area contributed by atoms with Crippen molar-refractivity contribution in [3.63, 3.8) is 0 Å². The molecule has 1 aromatic carbocycles. The molecule has 20 heavy (non-hydrogen) atoms. The molecule has 1 aromatic rings. The van der Waals surface area contributed by atoms with Gasteiger partial charge in [-0.05, 0) is 25.3 Å². The highest BCUT2D eigenvalue weighted by atomic mass is 16.3. The number of carbonyl (C=O) groups excluding carboxylic acids is 1. The van der Waals surface area contributed by atoms with Crippen molar-refractivity contribution in [1.29, 1.82) is 0 Å². The predicted molar refractivity (Wildman–Crippen MR) is 81.3 cm³/mol. The lowest BCUT2D eigenvalue weighted by molar-refractivity contribution is -0.121. The Hall–Kier alpha value is -1.67. The van der Waals surface area contributed by atoms with E-state index in [1.165, 1.54) is 5.56 Å². The average Bonchev–Trinajstić information content (AvgIpc) is 2.72. The second kappa shape index (κ2) is 7.20. The fourth-order valence-corrected chi connectivity index (χ4v) is 2.79. The Balaban J connectivity index is 2.00. The summed E-state index contributed by atoms with van der Waals surface area (Å²) in [4.78, 5) is 11.9. The van der Waals surface area contributed by atoms with Gasteiger partial charge in [0.2, 0.25) is 0 Å². The van der Waals surface area contributed by atoms with Crippen LogP contribution in [0.3, 0.4) is 0 Å². The van der Waals surface area contributed by atoms with E-state index >= 15 is 0 Å². The molecule has 2 rings (SSSR count). The van der Waals surface area contributed by atoms with E-state index in [1.54, 1.807) is 0 Å². The predicted octanol–water partition coefficient (Wildman–Crippen LogP) is 3.32. The standard InChI is InChI=1S/C18H22O2/c1-2-3-11-15-16(18(20)13-17(15)19)12-7-10-14-8-5-4-6-9-14/h2-9,12,15-16,18,20H,10-11,13H2,1H3/b3-2-,12-7+/t15-,16-,18-/m1/s1. The van der Waals surface area contributed by atoms with Crippen molar-refractivity contribution in [2.45, 2.75) is 32.3 Å². The summed E-state index contributed by atoms with van der Waals surface area (Å²) in [6, 6.07) is 10.2. The molecule has 0 radical (unpaired) electrons. The maximum Gasteiger partial charge on any atom is 0.139 e. The zero-order valence-electron chi connectivity index (χ0n) is 11.9. The number of Topliss-reactive ketones (excluding diaryl/α,β-unsaturated/α-hetero) is 1. The summed E-state index contributed by atoms with van der Waals surface area (Å²) in [6.07, 6.45) is 9.41. The minimum absolute atomic E-state index is 0.0394. The third-order valence-corrected chi connectivity index (χ3v) is 3.91. The van der Waals surface area contributed by atoms with E-state index in [1.807, 2.05) is 43.4 Å². The SMILES string of the molecule is C/C=C\C[C@H]1C(=O)C[C@@H](O)[C@@H]1/C=C/Cc1ccccc1. The molecular formula is C18H22O2. The maximum atomic E-state index is 11.9. The normalized spacial score (nSPS) is 26.9. The summed E-state index contributed by atoms with van der Waals surface area (Å²) in [5.41, 5.74) is 1.24. The molecule has 0 unspecified atom stereocenters. The van der Waals surface area contributed by atoms with Crippen LogP contribution in [0.15, 0.2) is 54.6 Å². The van der Waals surface area contributed by atoms with Gasteiger partial charge in [-0.2, -0.15) is 0 Å². The first-order chi connectivity index (χ1) is 9.72. The Morgan fingerprint density at radius 3 is 2.70 bits per heavy atom. The maximum absolute atomic E-state index is 11.9. The highest BCUT2D eigenvalue weighted by Crippen LogP contribution is 2.33. The van der Waals surface area contributed by atoms with Gasteiger partial charge in [0.1, 0.15) is 5.78 Å². The second-order valence-corrected chi connectivity index (χ2v) is 5.34. The number of hydrogen-bond donors (Lipinski definition) is 1. The van der Waals surface area contributed by atoms with E-state index < -0.39 is 6.10 Å². The van der Waals surface area contributed by atoms with Gasteiger partial charge >= 0.3 is 0 Å². The van der Waals surface area contributed by atoms with Crippen LogP contribution < -0.4 is 0 Å². The zero-order chi connectivity index (χ0) is 14.4. The van der Waals surface area contributed by atoms with Crippen molar-refractivity contribution >= 4 is 5.78 Å². The van der Waals surface area contributed by atoms with Crippen LogP contribution in [-0.2, 0) is 11.2 Å². The van der Waals surface area contributed by atoms with Crippen LogP contribution >= 0.6 is 0 Å². The second-order valence-electron chi connectivity index (χ2n) is 5.34. The fraction of sp³-hybridized carbons (Fsp3) is 0.389. The molecule has 0 saturated heterocycles. The van der Waals surface area contributed by atoms with Crippen molar-refractivity contribution in [2.75, 3.05) is 0 Å². The smallest absolute Gasteiger partial charge is 0.139 e. The van der Waals surface area contributed by atoms with Gasteiger partial charge in [-0.15, -0.1) is 0 Å². The number of hydrogen-bond acceptors (Lipinski definition) is 2. The van der Waals surface area contributed by atoms with Crippen LogP contribution in [0.1, 0.15) is 25.3 Å². The Labute approximate surface area is 120 Å². The largest absolute Gasteiger partial charge is 0.392 e. The molecule has 1 saturated carbocycles. The molecule has 0 bridgehead atoms. The molecule has 2 nitrogen and oxygen atoms in total. The van der Waals surface area contributed by atoms with Gasteiger partial charge in [0.25, 0.3) is 0 Å². The Morgan fingerprint density at radius 2 is 2.00 bits per heavy atom. The molecule has 106 valence electrons. The molecule has 0 aliphatic heterocycles. The minimum atomic E-state index is -0.523. The number of carbonyl (C=O) groups is 1. The molecular weight excluding hydrogens is 248 g/mol. The molecule has 1 fully saturated rings. The summed E-state index contributed by atoms with van der Waals surface area (Å²) in [6.45, 7) is 1.95. The first-order valence-electron chi connectivity index (χ1n) is 7.25. The van der Waals surface area contributed by atoms with Gasteiger partial charge in [-0.3, -0.25) is 4.79 Å². The van der Waals surface area contributed by atoms with Crippen molar-refractivity contribution < 1.29 is 9.90 Å². The van der Waals surface area contributed by atoms with Gasteiger partial charge in [0, 0.05) is 18.3 Å². The molecule has 0 amide bonds. The van der Waals surface area contributed by atoms with Crippen molar-refractivity contribution in [3.05, 3.63) is 60.2 Å². The van der Waals surface area contributed by atoms with Crippen LogP contribution in [-0.4, -0.2) is 17.0 Å². The molecule has 0 aromatic heterocycles. The van der Waals surface area contributed by atoms with Crippen LogP contribution in [0.4, 0.5) is 0 Å². The average molecular weight is 270 g/mol. The number of ketones is 1. The number of aliphatic hydroxyl groups is 1. The summed E-state index contributed by atoms with van der Waals surface area (Å²) in [7, 11) is 0. The summed E-state index contributed by atoms with van der Waals surface area (Å²) in [5, 5.41) is 10.0. The van der Waals surface area contributed by atoms with E-state index in [4.69, 9.17) is 0 Å². The first kappa shape index (κ1) is 14.7. The van der Waals surface area contributed by atoms with E-state index in [-0.39, 0.29) is 17.6 Å². The van der Waals surface area contributed by atoms with Crippen LogP contribution in [0.5, 0.6) is 0 Å². The van der Waals surface area contributed by atoms with E-state index in [9.17, 15) is 9.90 Å². The highest BCUT2D eigenvalue weighted by molar-refractivity contribution is 5.84. The van der Waals surface area contributed by atoms with Gasteiger partial charge < -0.3 is 5.11 Å². The quantitative estimate of drug-likeness (QED) is 0.833. The number of aliphatic hydroxyl groups excluding tert-OH is 1. The molecule has 1 aliphatic rings. The number of rotatable bonds is 5. The van der Waals surface area contributed by atoms with Crippen molar-refractivity contribution in [2.24, 2.45) is 11.8 Å². The number of benzene rings is 1. The summed E-state index contributed by atoms with van der Waals surface area (Å²) < 4.78 is 0. The van der Waals surface area contributed by atoms with Gasteiger partial charge in [0.05, 0.1) is 6.10 Å². The number of allylic oxidation sites excluding steroid dienone is 3. The summed E-state index contributed by atoms with van der Waals surface area (Å²) >= 11 is 0. The molecule has 1 N–H and O–H groups in total. The Bertz CT molecular complexity index is 487. The van der Waals surface area contributed by atoms with E-state index in [0.29, 0.717) is 6.42 Å². The van der Waals surface area contributed by atoms with Gasteiger partial charge in [-0.1, -0.05) is 54.6 Å². The van der Waals surface area contributed by atoms with Gasteiger partial charge in [-0.25, -0.2) is 0 Å². The molecule has 1 aliphatic carbocycles. The molecule has 0 heterocycles. The monoisotopic (exact) mass is 270 g/mol. The van der Waals surface area contributed by atoms with Crippen molar-refractivity contribution in [1.82, 2.24) is 0 Å². The highest BCUT2D eigenvalue weighted by Gasteiger charge is 2.38. The lowest BCUT2D eigenvalue weighted by Crippen LogP contribution is -2.18. The van der Waals surface area contributed by atoms with Crippen molar-refractivity contribution in [3.8, 4) is 0 Å². The van der Waals surface area contributed by atoms with E-state index in [2.05, 4.69) is 18.2 Å². The minimum Gasteiger partial charge on any atom is -0.392 e. The topological polar surface area (TPSA) is 37.3 Å². The molecule has 2 heteroatoms. The van der Waals surface area contributed by atoms with Crippen LogP contribution in [0.25, 0.3) is 0 Å². The third-order valence-electron chi connectivity index (χ3n) is 3.91. The molecule has 0 spiro atoms.